The van der Waals surface area contributed by atoms with E-state index in [1.165, 1.54) is 6.54 Å². The van der Waals surface area contributed by atoms with E-state index < -0.39 is 0 Å². The molecule has 1 saturated heterocycles. The average Bonchev–Trinajstić information content (AvgIpc) is 2.56. The van der Waals surface area contributed by atoms with Gasteiger partial charge in [0.15, 0.2) is 5.96 Å². The molecule has 0 aliphatic carbocycles. The molecule has 0 saturated carbocycles. The molecule has 1 rings (SSSR count). The van der Waals surface area contributed by atoms with E-state index >= 15 is 0 Å². The van der Waals surface area contributed by atoms with Crippen molar-refractivity contribution in [2.24, 2.45) is 10.9 Å². The van der Waals surface area contributed by atoms with Crippen molar-refractivity contribution in [1.82, 2.24) is 15.5 Å². The van der Waals surface area contributed by atoms with Gasteiger partial charge in [0.05, 0.1) is 0 Å². The Balaban J connectivity index is 2.50. The fraction of sp³-hybridized carbons (Fsp3) is 0.909. The van der Waals surface area contributed by atoms with Gasteiger partial charge in [-0.1, -0.05) is 6.92 Å². The molecule has 2 atom stereocenters. The molecule has 0 aromatic rings. The molecule has 2 unspecified atom stereocenters. The summed E-state index contributed by atoms with van der Waals surface area (Å²) in [5.74, 6) is 1.56. The van der Waals surface area contributed by atoms with Crippen molar-refractivity contribution in [3.63, 3.8) is 0 Å². The van der Waals surface area contributed by atoms with Crippen LogP contribution in [0.1, 0.15) is 20.8 Å². The van der Waals surface area contributed by atoms with Crippen LogP contribution in [-0.4, -0.2) is 50.1 Å². The normalized spacial score (nSPS) is 28.5. The number of hydrogen-bond donors (Lipinski definition) is 2. The molecule has 0 amide bonds. The van der Waals surface area contributed by atoms with Crippen molar-refractivity contribution in [3.05, 3.63) is 0 Å². The third-order valence-electron chi connectivity index (χ3n) is 3.15. The highest BCUT2D eigenvalue weighted by Gasteiger charge is 2.31. The van der Waals surface area contributed by atoms with Gasteiger partial charge in [0.25, 0.3) is 0 Å². The topological polar surface area (TPSA) is 39.7 Å². The predicted octanol–water partition coefficient (Wildman–Crippen LogP) is 0.510. The summed E-state index contributed by atoms with van der Waals surface area (Å²) < 4.78 is 0. The molecule has 0 aromatic carbocycles. The summed E-state index contributed by atoms with van der Waals surface area (Å²) in [6.07, 6.45) is 0. The van der Waals surface area contributed by atoms with E-state index in [-0.39, 0.29) is 0 Å². The molecule has 2 N–H and O–H groups in total. The van der Waals surface area contributed by atoms with Crippen molar-refractivity contribution in [3.8, 4) is 0 Å². The maximum absolute atomic E-state index is 4.15. The van der Waals surface area contributed by atoms with Crippen LogP contribution in [0.5, 0.6) is 0 Å². The SMILES string of the molecule is CN=C(NC)NC1CN(C(C)C)CC1C. The fourth-order valence-electron chi connectivity index (χ4n) is 2.04. The lowest BCUT2D eigenvalue weighted by Gasteiger charge is -2.21. The second kappa shape index (κ2) is 5.35. The van der Waals surface area contributed by atoms with Crippen LogP contribution < -0.4 is 10.6 Å². The molecule has 4 nitrogen and oxygen atoms in total. The second-order valence-electron chi connectivity index (χ2n) is 4.60. The summed E-state index contributed by atoms with van der Waals surface area (Å²) in [5, 5.41) is 6.51. The quantitative estimate of drug-likeness (QED) is 0.517. The monoisotopic (exact) mass is 212 g/mol. The van der Waals surface area contributed by atoms with E-state index in [4.69, 9.17) is 0 Å². The first-order valence-electron chi connectivity index (χ1n) is 5.73. The van der Waals surface area contributed by atoms with Crippen LogP contribution in [-0.2, 0) is 0 Å². The number of nitrogens with zero attached hydrogens (tertiary/aromatic N) is 2. The Morgan fingerprint density at radius 1 is 1.40 bits per heavy atom. The number of guanidine groups is 1. The Morgan fingerprint density at radius 3 is 2.47 bits per heavy atom. The number of likely N-dealkylation sites (tertiary alicyclic amines) is 1. The Bertz CT molecular complexity index is 225. The largest absolute Gasteiger partial charge is 0.359 e. The molecule has 1 aliphatic heterocycles. The highest BCUT2D eigenvalue weighted by Crippen LogP contribution is 2.18. The minimum absolute atomic E-state index is 0.513. The summed E-state index contributed by atoms with van der Waals surface area (Å²) in [6.45, 7) is 9.09. The van der Waals surface area contributed by atoms with Crippen molar-refractivity contribution in [2.75, 3.05) is 27.2 Å². The molecular formula is C11H24N4. The van der Waals surface area contributed by atoms with E-state index in [0.717, 1.165) is 12.5 Å². The fourth-order valence-corrected chi connectivity index (χ4v) is 2.04. The van der Waals surface area contributed by atoms with Gasteiger partial charge in [0, 0.05) is 39.3 Å². The molecule has 0 spiro atoms. The van der Waals surface area contributed by atoms with Crippen molar-refractivity contribution < 1.29 is 0 Å². The molecule has 1 fully saturated rings. The van der Waals surface area contributed by atoms with Crippen LogP contribution >= 0.6 is 0 Å². The van der Waals surface area contributed by atoms with Gasteiger partial charge in [-0.05, 0) is 19.8 Å². The Kier molecular flexibility index (Phi) is 4.39. The van der Waals surface area contributed by atoms with Crippen molar-refractivity contribution in [1.29, 1.82) is 0 Å². The first-order valence-corrected chi connectivity index (χ1v) is 5.73. The summed E-state index contributed by atoms with van der Waals surface area (Å²) in [6, 6.07) is 1.15. The van der Waals surface area contributed by atoms with Crippen LogP contribution in [0.15, 0.2) is 4.99 Å². The van der Waals surface area contributed by atoms with Crippen molar-refractivity contribution >= 4 is 5.96 Å². The zero-order valence-corrected chi connectivity index (χ0v) is 10.5. The van der Waals surface area contributed by atoms with Gasteiger partial charge in [-0.2, -0.15) is 0 Å². The van der Waals surface area contributed by atoms with E-state index in [2.05, 4.69) is 41.3 Å². The van der Waals surface area contributed by atoms with E-state index in [0.29, 0.717) is 18.0 Å². The molecule has 15 heavy (non-hydrogen) atoms. The predicted molar refractivity (Wildman–Crippen MR) is 65.2 cm³/mol. The lowest BCUT2D eigenvalue weighted by molar-refractivity contribution is 0.265. The first kappa shape index (κ1) is 12.3. The molecule has 4 heteroatoms. The molecule has 0 bridgehead atoms. The van der Waals surface area contributed by atoms with Gasteiger partial charge in [0.1, 0.15) is 0 Å². The minimum atomic E-state index is 0.513. The number of rotatable bonds is 2. The van der Waals surface area contributed by atoms with E-state index in [9.17, 15) is 0 Å². The van der Waals surface area contributed by atoms with Crippen LogP contribution in [0.3, 0.4) is 0 Å². The van der Waals surface area contributed by atoms with Crippen LogP contribution in [0, 0.1) is 5.92 Å². The third-order valence-corrected chi connectivity index (χ3v) is 3.15. The molecule has 88 valence electrons. The summed E-state index contributed by atoms with van der Waals surface area (Å²) >= 11 is 0. The Morgan fingerprint density at radius 2 is 2.07 bits per heavy atom. The Labute approximate surface area is 93.1 Å². The van der Waals surface area contributed by atoms with Gasteiger partial charge >= 0.3 is 0 Å². The maximum Gasteiger partial charge on any atom is 0.190 e. The number of hydrogen-bond acceptors (Lipinski definition) is 2. The standard InChI is InChI=1S/C11H24N4/c1-8(2)15-6-9(3)10(7-15)14-11(12-4)13-5/h8-10H,6-7H2,1-5H3,(H2,12,13,14). The minimum Gasteiger partial charge on any atom is -0.359 e. The average molecular weight is 212 g/mol. The number of aliphatic imine (C=N–C) groups is 1. The molecule has 1 aliphatic rings. The molecular weight excluding hydrogens is 188 g/mol. The lowest BCUT2D eigenvalue weighted by Crippen LogP contribution is -2.45. The maximum atomic E-state index is 4.15. The lowest BCUT2D eigenvalue weighted by atomic mass is 10.1. The van der Waals surface area contributed by atoms with Crippen molar-refractivity contribution in [2.45, 2.75) is 32.9 Å². The van der Waals surface area contributed by atoms with Gasteiger partial charge in [0.2, 0.25) is 0 Å². The van der Waals surface area contributed by atoms with Crippen LogP contribution in [0.2, 0.25) is 0 Å². The molecule has 0 radical (unpaired) electrons. The summed E-state index contributed by atoms with van der Waals surface area (Å²) in [4.78, 5) is 6.66. The Hall–Kier alpha value is -0.770. The second-order valence-corrected chi connectivity index (χ2v) is 4.60. The first-order chi connectivity index (χ1) is 7.08. The third kappa shape index (κ3) is 3.09. The molecule has 0 aromatic heterocycles. The zero-order valence-electron chi connectivity index (χ0n) is 10.5. The van der Waals surface area contributed by atoms with Crippen LogP contribution in [0.25, 0.3) is 0 Å². The smallest absolute Gasteiger partial charge is 0.190 e. The van der Waals surface area contributed by atoms with Gasteiger partial charge in [-0.3, -0.25) is 9.89 Å². The summed E-state index contributed by atoms with van der Waals surface area (Å²) in [5.41, 5.74) is 0. The highest BCUT2D eigenvalue weighted by molar-refractivity contribution is 5.79. The van der Waals surface area contributed by atoms with E-state index in [1.54, 1.807) is 7.05 Å². The van der Waals surface area contributed by atoms with Gasteiger partial charge in [-0.25, -0.2) is 0 Å². The van der Waals surface area contributed by atoms with Crippen LogP contribution in [0.4, 0.5) is 0 Å². The van der Waals surface area contributed by atoms with E-state index in [1.807, 2.05) is 7.05 Å². The zero-order chi connectivity index (χ0) is 11.4. The molecule has 1 heterocycles. The highest BCUT2D eigenvalue weighted by atomic mass is 15.3. The van der Waals surface area contributed by atoms with Gasteiger partial charge in [-0.15, -0.1) is 0 Å². The van der Waals surface area contributed by atoms with Gasteiger partial charge < -0.3 is 10.6 Å². The summed E-state index contributed by atoms with van der Waals surface area (Å²) in [7, 11) is 3.70. The number of nitrogens with one attached hydrogen (secondary N) is 2.